The van der Waals surface area contributed by atoms with Crippen LogP contribution in [0.25, 0.3) is 0 Å². The van der Waals surface area contributed by atoms with Crippen molar-refractivity contribution in [3.05, 3.63) is 48.8 Å². The SMILES string of the molecule is COc1ccccc1NC(=O)N1CC(Oc2ccncc2)C1. The van der Waals surface area contributed by atoms with Crippen LogP contribution in [0.4, 0.5) is 10.5 Å². The molecule has 0 bridgehead atoms. The number of aromatic nitrogens is 1. The lowest BCUT2D eigenvalue weighted by Gasteiger charge is -2.38. The highest BCUT2D eigenvalue weighted by Crippen LogP contribution is 2.24. The van der Waals surface area contributed by atoms with Crippen molar-refractivity contribution in [2.24, 2.45) is 0 Å². The van der Waals surface area contributed by atoms with Gasteiger partial charge in [-0.15, -0.1) is 0 Å². The third-order valence-corrected chi connectivity index (χ3v) is 3.44. The predicted molar refractivity (Wildman–Crippen MR) is 82.2 cm³/mol. The molecule has 0 radical (unpaired) electrons. The van der Waals surface area contributed by atoms with Crippen molar-refractivity contribution in [1.82, 2.24) is 9.88 Å². The average Bonchev–Trinajstić information content (AvgIpc) is 2.52. The van der Waals surface area contributed by atoms with E-state index in [1.165, 1.54) is 0 Å². The fourth-order valence-electron chi connectivity index (χ4n) is 2.23. The summed E-state index contributed by atoms with van der Waals surface area (Å²) in [5.74, 6) is 1.41. The first-order chi connectivity index (χ1) is 10.8. The van der Waals surface area contributed by atoms with Gasteiger partial charge in [0, 0.05) is 12.4 Å². The number of ether oxygens (including phenoxy) is 2. The summed E-state index contributed by atoms with van der Waals surface area (Å²) in [4.78, 5) is 17.8. The molecule has 1 fully saturated rings. The summed E-state index contributed by atoms with van der Waals surface area (Å²) in [7, 11) is 1.58. The Bertz CT molecular complexity index is 642. The highest BCUT2D eigenvalue weighted by atomic mass is 16.5. The second kappa shape index (κ2) is 6.34. The molecule has 1 N–H and O–H groups in total. The maximum atomic E-state index is 12.2. The van der Waals surface area contributed by atoms with Gasteiger partial charge in [-0.1, -0.05) is 12.1 Å². The van der Waals surface area contributed by atoms with Gasteiger partial charge < -0.3 is 19.7 Å². The normalized spacial score (nSPS) is 14.1. The van der Waals surface area contributed by atoms with Gasteiger partial charge >= 0.3 is 6.03 Å². The van der Waals surface area contributed by atoms with Gasteiger partial charge in [-0.05, 0) is 24.3 Å². The number of rotatable bonds is 4. The molecule has 1 saturated heterocycles. The molecule has 6 heteroatoms. The zero-order valence-electron chi connectivity index (χ0n) is 12.2. The number of nitrogens with one attached hydrogen (secondary N) is 1. The van der Waals surface area contributed by atoms with Gasteiger partial charge in [-0.3, -0.25) is 4.98 Å². The van der Waals surface area contributed by atoms with Crippen LogP contribution >= 0.6 is 0 Å². The summed E-state index contributed by atoms with van der Waals surface area (Å²) in [5.41, 5.74) is 0.661. The fourth-order valence-corrected chi connectivity index (χ4v) is 2.23. The first-order valence-corrected chi connectivity index (χ1v) is 7.02. The summed E-state index contributed by atoms with van der Waals surface area (Å²) >= 11 is 0. The van der Waals surface area contributed by atoms with Crippen LogP contribution in [0.3, 0.4) is 0 Å². The third kappa shape index (κ3) is 3.11. The van der Waals surface area contributed by atoms with Gasteiger partial charge in [-0.2, -0.15) is 0 Å². The topological polar surface area (TPSA) is 63.7 Å². The number of likely N-dealkylation sites (tertiary alicyclic amines) is 1. The van der Waals surface area contributed by atoms with E-state index in [1.54, 1.807) is 42.6 Å². The van der Waals surface area contributed by atoms with Crippen molar-refractivity contribution >= 4 is 11.7 Å². The van der Waals surface area contributed by atoms with Crippen LogP contribution in [0.1, 0.15) is 0 Å². The number of urea groups is 1. The number of carbonyl (C=O) groups excluding carboxylic acids is 1. The van der Waals surface area contributed by atoms with E-state index in [2.05, 4.69) is 10.3 Å². The zero-order valence-corrected chi connectivity index (χ0v) is 12.2. The van der Waals surface area contributed by atoms with E-state index in [0.29, 0.717) is 24.5 Å². The van der Waals surface area contributed by atoms with Gasteiger partial charge in [0.2, 0.25) is 0 Å². The molecule has 0 atom stereocenters. The first kappa shape index (κ1) is 14.2. The van der Waals surface area contributed by atoms with Crippen LogP contribution in [-0.2, 0) is 0 Å². The number of para-hydroxylation sites is 2. The molecule has 3 rings (SSSR count). The van der Waals surface area contributed by atoms with Crippen molar-refractivity contribution in [3.63, 3.8) is 0 Å². The number of methoxy groups -OCH3 is 1. The van der Waals surface area contributed by atoms with E-state index in [9.17, 15) is 4.79 Å². The van der Waals surface area contributed by atoms with Crippen molar-refractivity contribution in [3.8, 4) is 11.5 Å². The molecule has 114 valence electrons. The van der Waals surface area contributed by atoms with E-state index in [-0.39, 0.29) is 12.1 Å². The van der Waals surface area contributed by atoms with Crippen LogP contribution < -0.4 is 14.8 Å². The lowest BCUT2D eigenvalue weighted by molar-refractivity contribution is 0.0492. The Morgan fingerprint density at radius 2 is 1.95 bits per heavy atom. The summed E-state index contributed by atoms with van der Waals surface area (Å²) in [5, 5.41) is 2.84. The Kier molecular flexibility index (Phi) is 4.09. The highest BCUT2D eigenvalue weighted by molar-refractivity contribution is 5.91. The second-order valence-corrected chi connectivity index (χ2v) is 4.96. The number of nitrogens with zero attached hydrogens (tertiary/aromatic N) is 2. The van der Waals surface area contributed by atoms with Gasteiger partial charge in [-0.25, -0.2) is 4.79 Å². The fraction of sp³-hybridized carbons (Fsp3) is 0.250. The molecule has 22 heavy (non-hydrogen) atoms. The van der Waals surface area contributed by atoms with E-state index in [4.69, 9.17) is 9.47 Å². The number of benzene rings is 1. The predicted octanol–water partition coefficient (Wildman–Crippen LogP) is 2.39. The molecule has 0 spiro atoms. The Balaban J connectivity index is 1.51. The second-order valence-electron chi connectivity index (χ2n) is 4.96. The summed E-state index contributed by atoms with van der Waals surface area (Å²) in [6.07, 6.45) is 3.38. The lowest BCUT2D eigenvalue weighted by Crippen LogP contribution is -2.57. The third-order valence-electron chi connectivity index (χ3n) is 3.44. The number of amides is 2. The molecule has 1 aliphatic heterocycles. The standard InChI is InChI=1S/C16H17N3O3/c1-21-15-5-3-2-4-14(15)18-16(20)19-10-13(11-19)22-12-6-8-17-9-7-12/h2-9,13H,10-11H2,1H3,(H,18,20). The molecule has 2 aromatic rings. The summed E-state index contributed by atoms with van der Waals surface area (Å²) in [6.45, 7) is 1.12. The quantitative estimate of drug-likeness (QED) is 0.941. The lowest BCUT2D eigenvalue weighted by atomic mass is 10.2. The number of carbonyl (C=O) groups is 1. The van der Waals surface area contributed by atoms with Crippen LogP contribution in [0, 0.1) is 0 Å². The monoisotopic (exact) mass is 299 g/mol. The van der Waals surface area contributed by atoms with E-state index >= 15 is 0 Å². The van der Waals surface area contributed by atoms with Crippen LogP contribution in [-0.4, -0.2) is 42.2 Å². The number of pyridine rings is 1. The maximum Gasteiger partial charge on any atom is 0.322 e. The molecule has 0 unspecified atom stereocenters. The molecule has 1 aromatic carbocycles. The number of hydrogen-bond acceptors (Lipinski definition) is 4. The molecule has 0 saturated carbocycles. The Morgan fingerprint density at radius 1 is 1.23 bits per heavy atom. The van der Waals surface area contributed by atoms with E-state index in [1.807, 2.05) is 18.2 Å². The van der Waals surface area contributed by atoms with Gasteiger partial charge in [0.25, 0.3) is 0 Å². The summed E-state index contributed by atoms with van der Waals surface area (Å²) < 4.78 is 11.0. The zero-order chi connectivity index (χ0) is 15.4. The van der Waals surface area contributed by atoms with Crippen LogP contribution in [0.15, 0.2) is 48.8 Å². The van der Waals surface area contributed by atoms with Crippen molar-refractivity contribution < 1.29 is 14.3 Å². The molecule has 1 aliphatic rings. The van der Waals surface area contributed by atoms with Gasteiger partial charge in [0.15, 0.2) is 0 Å². The first-order valence-electron chi connectivity index (χ1n) is 7.02. The Labute approximate surface area is 128 Å². The minimum absolute atomic E-state index is 0.0193. The largest absolute Gasteiger partial charge is 0.495 e. The highest BCUT2D eigenvalue weighted by Gasteiger charge is 2.32. The van der Waals surface area contributed by atoms with Gasteiger partial charge in [0.1, 0.15) is 17.6 Å². The molecular weight excluding hydrogens is 282 g/mol. The van der Waals surface area contributed by atoms with Crippen molar-refractivity contribution in [2.45, 2.75) is 6.10 Å². The maximum absolute atomic E-state index is 12.2. The molecular formula is C16H17N3O3. The molecule has 0 aliphatic carbocycles. The average molecular weight is 299 g/mol. The molecule has 2 amide bonds. The van der Waals surface area contributed by atoms with E-state index in [0.717, 1.165) is 5.75 Å². The molecule has 2 heterocycles. The van der Waals surface area contributed by atoms with Crippen LogP contribution in [0.5, 0.6) is 11.5 Å². The Morgan fingerprint density at radius 3 is 2.68 bits per heavy atom. The van der Waals surface area contributed by atoms with Gasteiger partial charge in [0.05, 0.1) is 25.9 Å². The summed E-state index contributed by atoms with van der Waals surface area (Å²) in [6, 6.07) is 10.8. The smallest absolute Gasteiger partial charge is 0.322 e. The number of hydrogen-bond donors (Lipinski definition) is 1. The number of anilines is 1. The molecule has 6 nitrogen and oxygen atoms in total. The minimum atomic E-state index is -0.154. The Hall–Kier alpha value is -2.76. The van der Waals surface area contributed by atoms with Crippen molar-refractivity contribution in [1.29, 1.82) is 0 Å². The minimum Gasteiger partial charge on any atom is -0.495 e. The van der Waals surface area contributed by atoms with E-state index < -0.39 is 0 Å². The molecule has 1 aromatic heterocycles. The van der Waals surface area contributed by atoms with Crippen LogP contribution in [0.2, 0.25) is 0 Å². The van der Waals surface area contributed by atoms with Crippen molar-refractivity contribution in [2.75, 3.05) is 25.5 Å².